The summed E-state index contributed by atoms with van der Waals surface area (Å²) in [5.41, 5.74) is 1.50. The number of hydrogen-bond donors (Lipinski definition) is 0. The lowest BCUT2D eigenvalue weighted by atomic mass is 10.0. The molecular formula is C18H17NO4S2. The molecule has 0 bridgehead atoms. The predicted octanol–water partition coefficient (Wildman–Crippen LogP) is 4.42. The highest BCUT2D eigenvalue weighted by molar-refractivity contribution is 8.15. The lowest BCUT2D eigenvalue weighted by Gasteiger charge is -2.14. The molecule has 0 aliphatic heterocycles. The molecule has 1 unspecified atom stereocenters. The summed E-state index contributed by atoms with van der Waals surface area (Å²) in [5.74, 6) is 0.182. The first-order valence-corrected chi connectivity index (χ1v) is 9.61. The van der Waals surface area contributed by atoms with Crippen molar-refractivity contribution >= 4 is 39.4 Å². The number of hydrogen-bond acceptors (Lipinski definition) is 6. The van der Waals surface area contributed by atoms with E-state index in [1.54, 1.807) is 36.4 Å². The van der Waals surface area contributed by atoms with Crippen LogP contribution in [-0.4, -0.2) is 20.9 Å². The third-order valence-electron chi connectivity index (χ3n) is 3.42. The van der Waals surface area contributed by atoms with E-state index in [9.17, 15) is 19.7 Å². The van der Waals surface area contributed by atoms with Crippen LogP contribution in [0.2, 0.25) is 0 Å². The van der Waals surface area contributed by atoms with Gasteiger partial charge < -0.3 is 0 Å². The number of carbonyl (C=O) groups excluding carboxylic acids is 2. The van der Waals surface area contributed by atoms with E-state index >= 15 is 0 Å². The van der Waals surface area contributed by atoms with E-state index in [-0.39, 0.29) is 15.9 Å². The summed E-state index contributed by atoms with van der Waals surface area (Å²) < 4.78 is 0. The Labute approximate surface area is 154 Å². The molecule has 0 saturated carbocycles. The van der Waals surface area contributed by atoms with Crippen molar-refractivity contribution in [3.63, 3.8) is 0 Å². The summed E-state index contributed by atoms with van der Waals surface area (Å²) in [4.78, 5) is 35.2. The Bertz CT molecular complexity index is 747. The van der Waals surface area contributed by atoms with Crippen molar-refractivity contribution in [1.29, 1.82) is 0 Å². The Kier molecular flexibility index (Phi) is 7.21. The fraction of sp³-hybridized carbons (Fsp3) is 0.222. The second-order valence-electron chi connectivity index (χ2n) is 5.13. The van der Waals surface area contributed by atoms with Gasteiger partial charge in [0.1, 0.15) is 5.92 Å². The van der Waals surface area contributed by atoms with Crippen molar-refractivity contribution in [2.75, 3.05) is 5.75 Å². The molecule has 130 valence electrons. The minimum atomic E-state index is -0.797. The van der Waals surface area contributed by atoms with Crippen molar-refractivity contribution in [3.05, 3.63) is 75.8 Å². The quantitative estimate of drug-likeness (QED) is 0.405. The molecule has 0 heterocycles. The van der Waals surface area contributed by atoms with Crippen molar-refractivity contribution in [3.8, 4) is 0 Å². The average molecular weight is 375 g/mol. The van der Waals surface area contributed by atoms with Gasteiger partial charge in [-0.2, -0.15) is 0 Å². The zero-order chi connectivity index (χ0) is 18.2. The zero-order valence-electron chi connectivity index (χ0n) is 13.6. The summed E-state index contributed by atoms with van der Waals surface area (Å²) in [7, 11) is 0. The second kappa shape index (κ2) is 9.39. The molecule has 2 aromatic carbocycles. The topological polar surface area (TPSA) is 77.3 Å². The molecule has 0 aliphatic carbocycles. The van der Waals surface area contributed by atoms with E-state index in [1.807, 2.05) is 13.0 Å². The minimum absolute atomic E-state index is 0.0109. The van der Waals surface area contributed by atoms with E-state index in [2.05, 4.69) is 0 Å². The number of nitro benzene ring substituents is 1. The molecule has 0 fully saturated rings. The maximum atomic E-state index is 12.6. The molecule has 0 radical (unpaired) electrons. The summed E-state index contributed by atoms with van der Waals surface area (Å²) in [6, 6.07) is 15.1. The van der Waals surface area contributed by atoms with Gasteiger partial charge in [0.25, 0.3) is 5.69 Å². The second-order valence-corrected chi connectivity index (χ2v) is 7.38. The lowest BCUT2D eigenvalue weighted by Crippen LogP contribution is -2.17. The van der Waals surface area contributed by atoms with Crippen LogP contribution in [0.5, 0.6) is 0 Å². The predicted molar refractivity (Wildman–Crippen MR) is 102 cm³/mol. The molecule has 0 aromatic heterocycles. The molecule has 2 rings (SSSR count). The number of carbonyl (C=O) groups is 2. The third kappa shape index (κ3) is 5.44. The molecule has 2 aromatic rings. The van der Waals surface area contributed by atoms with Crippen LogP contribution in [0.4, 0.5) is 5.69 Å². The largest absolute Gasteiger partial charge is 0.286 e. The first-order valence-electron chi connectivity index (χ1n) is 7.64. The van der Waals surface area contributed by atoms with Gasteiger partial charge in [0, 0.05) is 17.9 Å². The number of nitro groups is 1. The molecule has 0 amide bonds. The van der Waals surface area contributed by atoms with Gasteiger partial charge in [-0.25, -0.2) is 0 Å². The zero-order valence-corrected chi connectivity index (χ0v) is 15.2. The van der Waals surface area contributed by atoms with Gasteiger partial charge in [0.05, 0.1) is 4.92 Å². The van der Waals surface area contributed by atoms with Gasteiger partial charge in [0.2, 0.25) is 10.2 Å². The minimum Gasteiger partial charge on any atom is -0.286 e. The lowest BCUT2D eigenvalue weighted by molar-refractivity contribution is -0.384. The van der Waals surface area contributed by atoms with Crippen LogP contribution in [0, 0.1) is 10.1 Å². The molecular weight excluding hydrogens is 358 g/mol. The molecule has 25 heavy (non-hydrogen) atoms. The van der Waals surface area contributed by atoms with Gasteiger partial charge in [-0.05, 0) is 16.9 Å². The van der Waals surface area contributed by atoms with Crippen LogP contribution in [0.1, 0.15) is 24.0 Å². The molecule has 0 N–H and O–H groups in total. The Morgan fingerprint density at radius 1 is 1.00 bits per heavy atom. The Balaban J connectivity index is 2.09. The maximum Gasteiger partial charge on any atom is 0.269 e. The Morgan fingerprint density at radius 3 is 2.16 bits per heavy atom. The van der Waals surface area contributed by atoms with Gasteiger partial charge in [0.15, 0.2) is 0 Å². The molecule has 5 nitrogen and oxygen atoms in total. The van der Waals surface area contributed by atoms with Gasteiger partial charge in [-0.1, -0.05) is 72.9 Å². The third-order valence-corrected chi connectivity index (χ3v) is 5.23. The average Bonchev–Trinajstić information content (AvgIpc) is 2.61. The van der Waals surface area contributed by atoms with Crippen LogP contribution < -0.4 is 0 Å². The van der Waals surface area contributed by atoms with Gasteiger partial charge in [-0.3, -0.25) is 19.7 Å². The first-order chi connectivity index (χ1) is 12.0. The SMILES string of the molecule is CCSC(=O)C(C(=O)SCc1ccc([N+](=O)[O-])cc1)c1ccccc1. The van der Waals surface area contributed by atoms with Crippen LogP contribution >= 0.6 is 23.5 Å². The molecule has 7 heteroatoms. The van der Waals surface area contributed by atoms with E-state index in [4.69, 9.17) is 0 Å². The normalized spacial score (nSPS) is 11.7. The van der Waals surface area contributed by atoms with E-state index in [0.717, 1.165) is 29.1 Å². The highest BCUT2D eigenvalue weighted by Crippen LogP contribution is 2.30. The molecule has 0 aliphatic rings. The Morgan fingerprint density at radius 2 is 1.60 bits per heavy atom. The van der Waals surface area contributed by atoms with E-state index in [0.29, 0.717) is 17.1 Å². The van der Waals surface area contributed by atoms with Gasteiger partial charge in [-0.15, -0.1) is 0 Å². The standard InChI is InChI=1S/C18H17NO4S2/c1-2-24-17(20)16(14-6-4-3-5-7-14)18(21)25-12-13-8-10-15(11-9-13)19(22)23/h3-11,16H,2,12H2,1H3. The smallest absolute Gasteiger partial charge is 0.269 e. The Hall–Kier alpha value is -2.12. The fourth-order valence-corrected chi connectivity index (χ4v) is 3.87. The van der Waals surface area contributed by atoms with Crippen LogP contribution in [0.3, 0.4) is 0 Å². The maximum absolute atomic E-state index is 12.6. The molecule has 0 saturated heterocycles. The number of benzene rings is 2. The number of non-ortho nitro benzene ring substituents is 1. The summed E-state index contributed by atoms with van der Waals surface area (Å²) in [6.45, 7) is 1.87. The van der Waals surface area contributed by atoms with Crippen LogP contribution in [0.15, 0.2) is 54.6 Å². The number of rotatable bonds is 7. The van der Waals surface area contributed by atoms with E-state index < -0.39 is 10.8 Å². The van der Waals surface area contributed by atoms with Crippen molar-refractivity contribution < 1.29 is 14.5 Å². The first kappa shape index (κ1) is 19.2. The summed E-state index contributed by atoms with van der Waals surface area (Å²) in [6.07, 6.45) is 0. The number of nitrogens with zero attached hydrogens (tertiary/aromatic N) is 1. The number of thioether (sulfide) groups is 2. The van der Waals surface area contributed by atoms with Crippen molar-refractivity contribution in [2.45, 2.75) is 18.6 Å². The van der Waals surface area contributed by atoms with E-state index in [1.165, 1.54) is 12.1 Å². The molecule has 0 spiro atoms. The summed E-state index contributed by atoms with van der Waals surface area (Å²) >= 11 is 2.20. The van der Waals surface area contributed by atoms with Crippen LogP contribution in [-0.2, 0) is 15.3 Å². The van der Waals surface area contributed by atoms with Crippen molar-refractivity contribution in [1.82, 2.24) is 0 Å². The fourth-order valence-electron chi connectivity index (χ4n) is 2.19. The van der Waals surface area contributed by atoms with Crippen molar-refractivity contribution in [2.24, 2.45) is 0 Å². The highest BCUT2D eigenvalue weighted by Gasteiger charge is 2.28. The van der Waals surface area contributed by atoms with Gasteiger partial charge >= 0.3 is 0 Å². The molecule has 1 atom stereocenters. The monoisotopic (exact) mass is 375 g/mol. The summed E-state index contributed by atoms with van der Waals surface area (Å²) in [5, 5.41) is 10.3. The highest BCUT2D eigenvalue weighted by atomic mass is 32.2. The van der Waals surface area contributed by atoms with Crippen LogP contribution in [0.25, 0.3) is 0 Å².